The summed E-state index contributed by atoms with van der Waals surface area (Å²) in [6, 6.07) is 9.01. The van der Waals surface area contributed by atoms with Crippen LogP contribution >= 0.6 is 0 Å². The molecule has 0 fully saturated rings. The van der Waals surface area contributed by atoms with E-state index < -0.39 is 0 Å². The number of likely N-dealkylation sites (N-methyl/N-ethyl adjacent to an activating group) is 1. The van der Waals surface area contributed by atoms with E-state index in [0.717, 1.165) is 5.75 Å². The van der Waals surface area contributed by atoms with Crippen LogP contribution in [0.15, 0.2) is 24.3 Å². The Morgan fingerprint density at radius 2 is 1.95 bits per heavy atom. The topological polar surface area (TPSA) is 53.3 Å². The van der Waals surface area contributed by atoms with Gasteiger partial charge in [-0.15, -0.1) is 0 Å². The first-order chi connectivity index (χ1) is 8.99. The summed E-state index contributed by atoms with van der Waals surface area (Å²) in [5, 5.41) is 8.80. The Balaban J connectivity index is 2.73. The number of nitrogens with zero attached hydrogens (tertiary/aromatic N) is 2. The van der Waals surface area contributed by atoms with Crippen molar-refractivity contribution in [3.8, 4) is 11.8 Å². The lowest BCUT2D eigenvalue weighted by molar-refractivity contribution is 0.0862. The SMILES string of the molecule is COc1ccc(C(=O)C(C)N(C)CC(C)C#N)cc1. The third kappa shape index (κ3) is 4.08. The summed E-state index contributed by atoms with van der Waals surface area (Å²) in [6.07, 6.45) is 0. The average Bonchev–Trinajstić information content (AvgIpc) is 2.45. The number of carbonyl (C=O) groups is 1. The molecule has 19 heavy (non-hydrogen) atoms. The first kappa shape index (κ1) is 15.2. The number of ether oxygens (including phenoxy) is 1. The van der Waals surface area contributed by atoms with Crippen molar-refractivity contribution in [1.82, 2.24) is 4.90 Å². The minimum Gasteiger partial charge on any atom is -0.497 e. The largest absolute Gasteiger partial charge is 0.497 e. The molecular weight excluding hydrogens is 240 g/mol. The zero-order valence-electron chi connectivity index (χ0n) is 11.9. The highest BCUT2D eigenvalue weighted by molar-refractivity contribution is 5.99. The number of nitriles is 1. The van der Waals surface area contributed by atoms with E-state index in [2.05, 4.69) is 6.07 Å². The lowest BCUT2D eigenvalue weighted by Crippen LogP contribution is -2.38. The molecule has 0 aliphatic rings. The van der Waals surface area contributed by atoms with E-state index in [4.69, 9.17) is 10.00 Å². The van der Waals surface area contributed by atoms with E-state index in [1.54, 1.807) is 31.4 Å². The Morgan fingerprint density at radius 3 is 2.42 bits per heavy atom. The van der Waals surface area contributed by atoms with Gasteiger partial charge in [0.05, 0.1) is 25.1 Å². The van der Waals surface area contributed by atoms with Crippen molar-refractivity contribution in [1.29, 1.82) is 5.26 Å². The summed E-state index contributed by atoms with van der Waals surface area (Å²) in [6.45, 7) is 4.29. The third-order valence-corrected chi connectivity index (χ3v) is 3.20. The molecule has 0 aliphatic carbocycles. The summed E-state index contributed by atoms with van der Waals surface area (Å²) in [7, 11) is 3.45. The van der Waals surface area contributed by atoms with Crippen molar-refractivity contribution >= 4 is 5.78 Å². The molecule has 102 valence electrons. The van der Waals surface area contributed by atoms with Gasteiger partial charge in [-0.2, -0.15) is 5.26 Å². The quantitative estimate of drug-likeness (QED) is 0.737. The Morgan fingerprint density at radius 1 is 1.37 bits per heavy atom. The molecule has 0 amide bonds. The van der Waals surface area contributed by atoms with Crippen LogP contribution in [0.1, 0.15) is 24.2 Å². The van der Waals surface area contributed by atoms with Crippen LogP contribution < -0.4 is 4.74 Å². The van der Waals surface area contributed by atoms with Crippen LogP contribution in [-0.2, 0) is 0 Å². The maximum atomic E-state index is 12.3. The molecular formula is C15H20N2O2. The standard InChI is InChI=1S/C15H20N2O2/c1-11(9-16)10-17(3)12(2)15(18)13-5-7-14(19-4)8-6-13/h5-8,11-12H,10H2,1-4H3. The second-order valence-corrected chi connectivity index (χ2v) is 4.74. The molecule has 0 aliphatic heterocycles. The van der Waals surface area contributed by atoms with Gasteiger partial charge in [-0.3, -0.25) is 9.69 Å². The number of hydrogen-bond donors (Lipinski definition) is 0. The summed E-state index contributed by atoms with van der Waals surface area (Å²) in [5.74, 6) is 0.696. The number of carbonyl (C=O) groups excluding carboxylic acids is 1. The second kappa shape index (κ2) is 6.91. The van der Waals surface area contributed by atoms with Crippen molar-refractivity contribution in [3.05, 3.63) is 29.8 Å². The molecule has 0 N–H and O–H groups in total. The van der Waals surface area contributed by atoms with Gasteiger partial charge in [0.1, 0.15) is 5.75 Å². The maximum absolute atomic E-state index is 12.3. The predicted molar refractivity (Wildman–Crippen MR) is 74.2 cm³/mol. The van der Waals surface area contributed by atoms with E-state index in [9.17, 15) is 4.79 Å². The normalized spacial score (nSPS) is 13.7. The molecule has 2 atom stereocenters. The number of ketones is 1. The molecule has 4 nitrogen and oxygen atoms in total. The summed E-state index contributed by atoms with van der Waals surface area (Å²) in [4.78, 5) is 14.2. The number of methoxy groups -OCH3 is 1. The Hall–Kier alpha value is -1.86. The van der Waals surface area contributed by atoms with Crippen molar-refractivity contribution in [2.45, 2.75) is 19.9 Å². The maximum Gasteiger partial charge on any atom is 0.179 e. The van der Waals surface area contributed by atoms with Gasteiger partial charge >= 0.3 is 0 Å². The molecule has 1 rings (SSSR count). The van der Waals surface area contributed by atoms with Crippen LogP contribution in [0, 0.1) is 17.2 Å². The molecule has 4 heteroatoms. The average molecular weight is 260 g/mol. The Bertz CT molecular complexity index is 462. The fourth-order valence-corrected chi connectivity index (χ4v) is 1.83. The van der Waals surface area contributed by atoms with Gasteiger partial charge in [-0.1, -0.05) is 0 Å². The third-order valence-electron chi connectivity index (χ3n) is 3.20. The van der Waals surface area contributed by atoms with Crippen LogP contribution in [0.4, 0.5) is 0 Å². The smallest absolute Gasteiger partial charge is 0.179 e. The monoisotopic (exact) mass is 260 g/mol. The lowest BCUT2D eigenvalue weighted by Gasteiger charge is -2.24. The molecule has 0 saturated heterocycles. The van der Waals surface area contributed by atoms with Crippen LogP contribution in [-0.4, -0.2) is 37.4 Å². The fourth-order valence-electron chi connectivity index (χ4n) is 1.83. The number of hydrogen-bond acceptors (Lipinski definition) is 4. The molecule has 0 bridgehead atoms. The fraction of sp³-hybridized carbons (Fsp3) is 0.467. The highest BCUT2D eigenvalue weighted by Gasteiger charge is 2.20. The minimum atomic E-state index is -0.246. The number of benzene rings is 1. The van der Waals surface area contributed by atoms with Crippen LogP contribution in [0.2, 0.25) is 0 Å². The number of rotatable bonds is 6. The molecule has 2 unspecified atom stereocenters. The highest BCUT2D eigenvalue weighted by Crippen LogP contribution is 2.14. The van der Waals surface area contributed by atoms with Gasteiger partial charge in [0.25, 0.3) is 0 Å². The predicted octanol–water partition coefficient (Wildman–Crippen LogP) is 2.36. The van der Waals surface area contributed by atoms with Crippen molar-refractivity contribution in [2.24, 2.45) is 5.92 Å². The second-order valence-electron chi connectivity index (χ2n) is 4.74. The minimum absolute atomic E-state index is 0.0512. The summed E-state index contributed by atoms with van der Waals surface area (Å²) >= 11 is 0. The molecule has 0 aromatic heterocycles. The van der Waals surface area contributed by atoms with Crippen LogP contribution in [0.5, 0.6) is 5.75 Å². The first-order valence-electron chi connectivity index (χ1n) is 6.27. The highest BCUT2D eigenvalue weighted by atomic mass is 16.5. The zero-order chi connectivity index (χ0) is 14.4. The van der Waals surface area contributed by atoms with E-state index >= 15 is 0 Å². The van der Waals surface area contributed by atoms with Gasteiger partial charge in [0, 0.05) is 12.1 Å². The van der Waals surface area contributed by atoms with E-state index in [1.807, 2.05) is 25.8 Å². The molecule has 1 aromatic carbocycles. The molecule has 0 radical (unpaired) electrons. The lowest BCUT2D eigenvalue weighted by atomic mass is 10.0. The van der Waals surface area contributed by atoms with Crippen molar-refractivity contribution in [2.75, 3.05) is 20.7 Å². The molecule has 0 saturated carbocycles. The molecule has 1 aromatic rings. The van der Waals surface area contributed by atoms with Gasteiger partial charge in [0.2, 0.25) is 0 Å². The van der Waals surface area contributed by atoms with Gasteiger partial charge in [-0.05, 0) is 45.2 Å². The van der Waals surface area contributed by atoms with Gasteiger partial charge < -0.3 is 4.74 Å². The molecule has 0 heterocycles. The first-order valence-corrected chi connectivity index (χ1v) is 6.27. The van der Waals surface area contributed by atoms with E-state index in [-0.39, 0.29) is 17.7 Å². The summed E-state index contributed by atoms with van der Waals surface area (Å²) < 4.78 is 5.07. The Kier molecular flexibility index (Phi) is 5.53. The Labute approximate surface area is 114 Å². The number of Topliss-reactive ketones (excluding diaryl/α,β-unsaturated/α-hetero) is 1. The van der Waals surface area contributed by atoms with Crippen LogP contribution in [0.25, 0.3) is 0 Å². The van der Waals surface area contributed by atoms with Crippen molar-refractivity contribution < 1.29 is 9.53 Å². The van der Waals surface area contributed by atoms with E-state index in [1.165, 1.54) is 0 Å². The zero-order valence-corrected chi connectivity index (χ0v) is 11.9. The van der Waals surface area contributed by atoms with E-state index in [0.29, 0.717) is 12.1 Å². The van der Waals surface area contributed by atoms with Gasteiger partial charge in [-0.25, -0.2) is 0 Å². The van der Waals surface area contributed by atoms with Crippen LogP contribution in [0.3, 0.4) is 0 Å². The summed E-state index contributed by atoms with van der Waals surface area (Å²) in [5.41, 5.74) is 0.657. The van der Waals surface area contributed by atoms with Gasteiger partial charge in [0.15, 0.2) is 5.78 Å². The molecule has 0 spiro atoms. The van der Waals surface area contributed by atoms with Crippen molar-refractivity contribution in [3.63, 3.8) is 0 Å².